The van der Waals surface area contributed by atoms with Crippen molar-refractivity contribution in [1.29, 1.82) is 0 Å². The van der Waals surface area contributed by atoms with Crippen LogP contribution in [0.25, 0.3) is 0 Å². The van der Waals surface area contributed by atoms with Crippen molar-refractivity contribution in [2.45, 2.75) is 64.3 Å². The number of amides is 4. The van der Waals surface area contributed by atoms with Crippen molar-refractivity contribution < 1.29 is 29.1 Å². The summed E-state index contributed by atoms with van der Waals surface area (Å²) in [5.41, 5.74) is 5.76. The highest BCUT2D eigenvalue weighted by atomic mass is 31.1. The Kier molecular flexibility index (Phi) is 12.0. The first kappa shape index (κ1) is 26.7. The molecule has 0 rings (SSSR count). The summed E-state index contributed by atoms with van der Waals surface area (Å²) in [5.74, 6) is -3.54. The summed E-state index contributed by atoms with van der Waals surface area (Å²) in [6.07, 6.45) is 1.34. The maximum atomic E-state index is 12.2. The van der Waals surface area contributed by atoms with Crippen LogP contribution >= 0.6 is 8.58 Å². The molecule has 6 unspecified atom stereocenters. The predicted octanol–water partition coefficient (Wildman–Crippen LogP) is -1.88. The number of nitrogens with one attached hydrogen (secondary N) is 4. The lowest BCUT2D eigenvalue weighted by molar-refractivity contribution is -0.141. The fourth-order valence-electron chi connectivity index (χ4n) is 2.02. The molecule has 0 aliphatic rings. The van der Waals surface area contributed by atoms with Gasteiger partial charge in [0.2, 0.25) is 23.6 Å². The minimum absolute atomic E-state index is 0.444. The maximum absolute atomic E-state index is 12.2. The van der Waals surface area contributed by atoms with Gasteiger partial charge >= 0.3 is 5.97 Å². The van der Waals surface area contributed by atoms with E-state index in [1.54, 1.807) is 0 Å². The molecule has 0 fully saturated rings. The van der Waals surface area contributed by atoms with E-state index in [2.05, 4.69) is 21.3 Å². The van der Waals surface area contributed by atoms with Gasteiger partial charge in [0.1, 0.15) is 24.2 Å². The molecular weight excluding hydrogens is 401 g/mol. The van der Waals surface area contributed by atoms with Crippen molar-refractivity contribution in [3.05, 3.63) is 0 Å². The Labute approximate surface area is 172 Å². The SMILES string of the molecule is CPCCC(N)C(=O)NC(C)C(=O)NC(C)C(=O)NC(C)C(=O)NC(C)C(=O)O. The summed E-state index contributed by atoms with van der Waals surface area (Å²) < 4.78 is 0. The number of rotatable bonds is 12. The maximum Gasteiger partial charge on any atom is 0.325 e. The molecule has 4 amide bonds. The normalized spacial score (nSPS) is 16.2. The van der Waals surface area contributed by atoms with Gasteiger partial charge in [0.05, 0.1) is 6.04 Å². The molecule has 0 radical (unpaired) electrons. The van der Waals surface area contributed by atoms with Gasteiger partial charge in [-0.15, -0.1) is 8.58 Å². The van der Waals surface area contributed by atoms with E-state index in [1.807, 2.05) is 6.66 Å². The summed E-state index contributed by atoms with van der Waals surface area (Å²) in [7, 11) is 0.679. The Morgan fingerprint density at radius 2 is 1.10 bits per heavy atom. The van der Waals surface area contributed by atoms with Crippen molar-refractivity contribution in [1.82, 2.24) is 21.3 Å². The van der Waals surface area contributed by atoms with Crippen LogP contribution in [0, 0.1) is 0 Å². The van der Waals surface area contributed by atoms with Gasteiger partial charge in [-0.3, -0.25) is 24.0 Å². The first-order chi connectivity index (χ1) is 13.4. The van der Waals surface area contributed by atoms with Gasteiger partial charge in [0, 0.05) is 0 Å². The number of carboxylic acid groups (broad SMARTS) is 1. The largest absolute Gasteiger partial charge is 0.480 e. The van der Waals surface area contributed by atoms with E-state index in [9.17, 15) is 24.0 Å². The monoisotopic (exact) mass is 433 g/mol. The van der Waals surface area contributed by atoms with Gasteiger partial charge in [0.15, 0.2) is 0 Å². The summed E-state index contributed by atoms with van der Waals surface area (Å²) in [6, 6.07) is -4.69. The fourth-order valence-corrected chi connectivity index (χ4v) is 2.62. The van der Waals surface area contributed by atoms with Crippen molar-refractivity contribution in [2.75, 3.05) is 12.8 Å². The summed E-state index contributed by atoms with van der Waals surface area (Å²) in [5, 5.41) is 18.3. The van der Waals surface area contributed by atoms with E-state index in [0.29, 0.717) is 15.0 Å². The van der Waals surface area contributed by atoms with Gasteiger partial charge in [-0.2, -0.15) is 0 Å². The van der Waals surface area contributed by atoms with Crippen molar-refractivity contribution in [3.63, 3.8) is 0 Å². The Hall–Kier alpha value is -2.26. The van der Waals surface area contributed by atoms with Gasteiger partial charge in [-0.25, -0.2) is 0 Å². The van der Waals surface area contributed by atoms with Gasteiger partial charge < -0.3 is 32.1 Å². The molecule has 0 aromatic heterocycles. The van der Waals surface area contributed by atoms with Gasteiger partial charge in [-0.05, 0) is 46.9 Å². The van der Waals surface area contributed by atoms with E-state index in [1.165, 1.54) is 27.7 Å². The molecule has 0 aromatic carbocycles. The summed E-state index contributed by atoms with van der Waals surface area (Å²) in [4.78, 5) is 58.9. The molecule has 0 saturated heterocycles. The van der Waals surface area contributed by atoms with Crippen LogP contribution in [0.1, 0.15) is 34.1 Å². The van der Waals surface area contributed by atoms with E-state index in [4.69, 9.17) is 10.8 Å². The Bertz CT molecular complexity index is 617. The van der Waals surface area contributed by atoms with Gasteiger partial charge in [0.25, 0.3) is 0 Å². The lowest BCUT2D eigenvalue weighted by atomic mass is 10.2. The zero-order chi connectivity index (χ0) is 22.7. The molecule has 0 aliphatic carbocycles. The Balaban J connectivity index is 4.54. The number of hydrogen-bond donors (Lipinski definition) is 6. The van der Waals surface area contributed by atoms with E-state index in [0.717, 1.165) is 6.16 Å². The van der Waals surface area contributed by atoms with E-state index < -0.39 is 59.8 Å². The first-order valence-electron chi connectivity index (χ1n) is 9.25. The predicted molar refractivity (Wildman–Crippen MR) is 110 cm³/mol. The molecule has 7 N–H and O–H groups in total. The number of carbonyl (C=O) groups excluding carboxylic acids is 4. The number of carboxylic acids is 1. The summed E-state index contributed by atoms with van der Waals surface area (Å²) >= 11 is 0. The minimum Gasteiger partial charge on any atom is -0.480 e. The highest BCUT2D eigenvalue weighted by molar-refractivity contribution is 7.36. The quantitative estimate of drug-likeness (QED) is 0.195. The van der Waals surface area contributed by atoms with Crippen LogP contribution < -0.4 is 27.0 Å². The van der Waals surface area contributed by atoms with Crippen LogP contribution in [0.2, 0.25) is 0 Å². The van der Waals surface area contributed by atoms with Crippen molar-refractivity contribution in [2.24, 2.45) is 5.73 Å². The van der Waals surface area contributed by atoms with Crippen LogP contribution in [-0.4, -0.2) is 77.7 Å². The third-order valence-electron chi connectivity index (χ3n) is 4.03. The van der Waals surface area contributed by atoms with Gasteiger partial charge in [-0.1, -0.05) is 0 Å². The molecule has 11 nitrogen and oxygen atoms in total. The van der Waals surface area contributed by atoms with Crippen LogP contribution in [-0.2, 0) is 24.0 Å². The second-order valence-electron chi connectivity index (χ2n) is 6.76. The standard InChI is InChI=1S/C17H32N5O6P/c1-8(13(23)20-9(2)15(25)22-11(4)17(27)28)19-14(24)10(3)21-16(26)12(18)6-7-29-5/h8-12,29H,6-7,18H2,1-5H3,(H,19,24)(H,20,23)(H,21,26)(H,22,25)(H,27,28). The third-order valence-corrected chi connectivity index (χ3v) is 4.82. The van der Waals surface area contributed by atoms with Crippen LogP contribution in [0.3, 0.4) is 0 Å². The Morgan fingerprint density at radius 3 is 1.45 bits per heavy atom. The second kappa shape index (κ2) is 13.1. The van der Waals surface area contributed by atoms with E-state index in [-0.39, 0.29) is 0 Å². The Morgan fingerprint density at radius 1 is 0.759 bits per heavy atom. The van der Waals surface area contributed by atoms with Crippen LogP contribution in [0.4, 0.5) is 0 Å². The van der Waals surface area contributed by atoms with Crippen LogP contribution in [0.5, 0.6) is 0 Å². The average molecular weight is 433 g/mol. The highest BCUT2D eigenvalue weighted by Gasteiger charge is 2.25. The molecule has 166 valence electrons. The molecule has 0 saturated carbocycles. The second-order valence-corrected chi connectivity index (χ2v) is 7.97. The number of nitrogens with two attached hydrogens (primary N) is 1. The molecule has 0 heterocycles. The molecule has 0 bridgehead atoms. The average Bonchev–Trinajstić information content (AvgIpc) is 2.65. The lowest BCUT2D eigenvalue weighted by Crippen LogP contribution is -2.56. The molecule has 0 aromatic rings. The molecule has 6 atom stereocenters. The first-order valence-corrected chi connectivity index (χ1v) is 11.0. The van der Waals surface area contributed by atoms with Crippen molar-refractivity contribution in [3.8, 4) is 0 Å². The molecule has 29 heavy (non-hydrogen) atoms. The number of aliphatic carboxylic acids is 1. The molecule has 12 heteroatoms. The highest BCUT2D eigenvalue weighted by Crippen LogP contribution is 2.05. The number of carbonyl (C=O) groups is 5. The fraction of sp³-hybridized carbons (Fsp3) is 0.706. The zero-order valence-electron chi connectivity index (χ0n) is 17.4. The molecule has 0 aliphatic heterocycles. The molecular formula is C17H32N5O6P. The zero-order valence-corrected chi connectivity index (χ0v) is 18.4. The van der Waals surface area contributed by atoms with Crippen LogP contribution in [0.15, 0.2) is 0 Å². The lowest BCUT2D eigenvalue weighted by Gasteiger charge is -2.21. The minimum atomic E-state index is -1.21. The smallest absolute Gasteiger partial charge is 0.325 e. The number of hydrogen-bond acceptors (Lipinski definition) is 6. The van der Waals surface area contributed by atoms with E-state index >= 15 is 0 Å². The topological polar surface area (TPSA) is 180 Å². The summed E-state index contributed by atoms with van der Waals surface area (Å²) in [6.45, 7) is 7.57. The van der Waals surface area contributed by atoms with Crippen molar-refractivity contribution >= 4 is 38.2 Å². The third kappa shape index (κ3) is 10.2. The molecule has 0 spiro atoms.